The van der Waals surface area contributed by atoms with Crippen molar-refractivity contribution in [2.45, 2.75) is 13.0 Å². The quantitative estimate of drug-likeness (QED) is 0.781. The van der Waals surface area contributed by atoms with Crippen LogP contribution >= 0.6 is 11.6 Å². The molecule has 2 aromatic heterocycles. The summed E-state index contributed by atoms with van der Waals surface area (Å²) in [5.41, 5.74) is 8.76. The van der Waals surface area contributed by atoms with Crippen molar-refractivity contribution >= 4 is 22.6 Å². The first-order valence-electron chi connectivity index (χ1n) is 6.00. The number of aromatic nitrogens is 2. The summed E-state index contributed by atoms with van der Waals surface area (Å²) in [5, 5.41) is 5.85. The lowest BCUT2D eigenvalue weighted by Gasteiger charge is -2.08. The zero-order valence-corrected chi connectivity index (χ0v) is 11.5. The van der Waals surface area contributed by atoms with E-state index in [0.717, 1.165) is 16.8 Å². The molecular weight excluding hydrogens is 262 g/mol. The summed E-state index contributed by atoms with van der Waals surface area (Å²) in [5.74, 6) is 0.686. The Labute approximate surface area is 115 Å². The van der Waals surface area contributed by atoms with Crippen molar-refractivity contribution in [3.05, 3.63) is 52.5 Å². The van der Waals surface area contributed by atoms with E-state index >= 15 is 0 Å². The zero-order valence-electron chi connectivity index (χ0n) is 10.7. The van der Waals surface area contributed by atoms with Crippen LogP contribution in [0.25, 0.3) is 11.0 Å². The summed E-state index contributed by atoms with van der Waals surface area (Å²) >= 11 is 6.10. The van der Waals surface area contributed by atoms with Crippen molar-refractivity contribution in [2.24, 2.45) is 12.8 Å². The summed E-state index contributed by atoms with van der Waals surface area (Å²) < 4.78 is 7.55. The average molecular weight is 276 g/mol. The molecule has 0 spiro atoms. The summed E-state index contributed by atoms with van der Waals surface area (Å²) in [4.78, 5) is 0. The summed E-state index contributed by atoms with van der Waals surface area (Å²) in [7, 11) is 1.87. The standard InChI is InChI=1S/C14H14ClN3O/c1-8-6-11(18(2)17-8)13(16)12-7-9-4-3-5-10(15)14(9)19-12/h3-7,13H,16H2,1-2H3. The number of nitrogens with zero attached hydrogens (tertiary/aromatic N) is 2. The fourth-order valence-electron chi connectivity index (χ4n) is 2.27. The van der Waals surface area contributed by atoms with E-state index in [-0.39, 0.29) is 6.04 Å². The van der Waals surface area contributed by atoms with Gasteiger partial charge in [0.2, 0.25) is 0 Å². The van der Waals surface area contributed by atoms with Crippen molar-refractivity contribution in [3.8, 4) is 0 Å². The SMILES string of the molecule is Cc1cc(C(N)c2cc3cccc(Cl)c3o2)n(C)n1. The van der Waals surface area contributed by atoms with E-state index < -0.39 is 0 Å². The van der Waals surface area contributed by atoms with Crippen LogP contribution in [0.4, 0.5) is 0 Å². The van der Waals surface area contributed by atoms with Gasteiger partial charge in [-0.15, -0.1) is 0 Å². The van der Waals surface area contributed by atoms with E-state index in [4.69, 9.17) is 21.8 Å². The molecule has 98 valence electrons. The highest BCUT2D eigenvalue weighted by Crippen LogP contribution is 2.30. The smallest absolute Gasteiger partial charge is 0.152 e. The minimum absolute atomic E-state index is 0.352. The summed E-state index contributed by atoms with van der Waals surface area (Å²) in [6, 6.07) is 9.18. The van der Waals surface area contributed by atoms with Crippen molar-refractivity contribution in [1.29, 1.82) is 0 Å². The molecule has 2 heterocycles. The van der Waals surface area contributed by atoms with Gasteiger partial charge in [0.1, 0.15) is 11.8 Å². The summed E-state index contributed by atoms with van der Waals surface area (Å²) in [6.07, 6.45) is 0. The fourth-order valence-corrected chi connectivity index (χ4v) is 2.49. The van der Waals surface area contributed by atoms with Crippen molar-refractivity contribution < 1.29 is 4.42 Å². The van der Waals surface area contributed by atoms with Gasteiger partial charge in [-0.1, -0.05) is 23.7 Å². The molecule has 0 aliphatic carbocycles. The molecule has 1 unspecified atom stereocenters. The lowest BCUT2D eigenvalue weighted by molar-refractivity contribution is 0.509. The highest BCUT2D eigenvalue weighted by Gasteiger charge is 2.18. The first kappa shape index (κ1) is 12.3. The molecule has 1 aromatic carbocycles. The number of aryl methyl sites for hydroxylation is 2. The van der Waals surface area contributed by atoms with E-state index in [2.05, 4.69) is 5.10 Å². The molecule has 4 nitrogen and oxygen atoms in total. The molecule has 3 rings (SSSR count). The van der Waals surface area contributed by atoms with Gasteiger partial charge in [0, 0.05) is 12.4 Å². The maximum atomic E-state index is 6.25. The average Bonchev–Trinajstić information content (AvgIpc) is 2.93. The van der Waals surface area contributed by atoms with Crippen LogP contribution in [0.15, 0.2) is 34.7 Å². The Morgan fingerprint density at radius 2 is 2.16 bits per heavy atom. The molecule has 0 aliphatic rings. The topological polar surface area (TPSA) is 57.0 Å². The van der Waals surface area contributed by atoms with Crippen LogP contribution in [0, 0.1) is 6.92 Å². The van der Waals surface area contributed by atoms with Gasteiger partial charge in [0.15, 0.2) is 5.58 Å². The third kappa shape index (κ3) is 2.03. The molecule has 0 bridgehead atoms. The molecule has 5 heteroatoms. The monoisotopic (exact) mass is 275 g/mol. The Morgan fingerprint density at radius 3 is 2.79 bits per heavy atom. The number of nitrogens with two attached hydrogens (primary N) is 1. The van der Waals surface area contributed by atoms with E-state index in [1.165, 1.54) is 0 Å². The van der Waals surface area contributed by atoms with Gasteiger partial charge >= 0.3 is 0 Å². The first-order valence-corrected chi connectivity index (χ1v) is 6.38. The van der Waals surface area contributed by atoms with Crippen LogP contribution in [0.1, 0.15) is 23.2 Å². The second-order valence-electron chi connectivity index (χ2n) is 4.62. The minimum atomic E-state index is -0.352. The molecule has 0 aliphatic heterocycles. The highest BCUT2D eigenvalue weighted by molar-refractivity contribution is 6.34. The van der Waals surface area contributed by atoms with E-state index in [0.29, 0.717) is 16.4 Å². The lowest BCUT2D eigenvalue weighted by atomic mass is 10.1. The molecule has 0 radical (unpaired) electrons. The Balaban J connectivity index is 2.09. The second kappa shape index (κ2) is 4.40. The Bertz CT molecular complexity index is 744. The largest absolute Gasteiger partial charge is 0.457 e. The molecule has 0 fully saturated rings. The Kier molecular flexibility index (Phi) is 2.84. The summed E-state index contributed by atoms with van der Waals surface area (Å²) in [6.45, 7) is 1.94. The number of benzene rings is 1. The van der Waals surface area contributed by atoms with E-state index in [1.54, 1.807) is 10.7 Å². The molecule has 3 aromatic rings. The van der Waals surface area contributed by atoms with Crippen LogP contribution in [0.5, 0.6) is 0 Å². The Hall–Kier alpha value is -1.78. The van der Waals surface area contributed by atoms with Crippen LogP contribution in [0.2, 0.25) is 5.02 Å². The maximum Gasteiger partial charge on any atom is 0.152 e. The van der Waals surface area contributed by atoms with Gasteiger partial charge < -0.3 is 10.2 Å². The van der Waals surface area contributed by atoms with Gasteiger partial charge in [-0.3, -0.25) is 4.68 Å². The van der Waals surface area contributed by atoms with E-state index in [1.807, 2.05) is 38.2 Å². The number of rotatable bonds is 2. The molecule has 0 amide bonds. The van der Waals surface area contributed by atoms with Gasteiger partial charge in [-0.05, 0) is 25.1 Å². The van der Waals surface area contributed by atoms with Crippen molar-refractivity contribution in [1.82, 2.24) is 9.78 Å². The lowest BCUT2D eigenvalue weighted by Crippen LogP contribution is -2.15. The van der Waals surface area contributed by atoms with Gasteiger partial charge in [0.25, 0.3) is 0 Å². The van der Waals surface area contributed by atoms with Crippen LogP contribution < -0.4 is 5.73 Å². The molecular formula is C14H14ClN3O. The first-order chi connectivity index (χ1) is 9.06. The third-order valence-corrected chi connectivity index (χ3v) is 3.48. The highest BCUT2D eigenvalue weighted by atomic mass is 35.5. The maximum absolute atomic E-state index is 6.25. The Morgan fingerprint density at radius 1 is 1.37 bits per heavy atom. The normalized spacial score (nSPS) is 13.1. The van der Waals surface area contributed by atoms with Gasteiger partial charge in [-0.2, -0.15) is 5.10 Å². The van der Waals surface area contributed by atoms with Crippen molar-refractivity contribution in [2.75, 3.05) is 0 Å². The number of furan rings is 1. The number of hydrogen-bond donors (Lipinski definition) is 1. The molecule has 1 atom stereocenters. The molecule has 0 saturated carbocycles. The third-order valence-electron chi connectivity index (χ3n) is 3.18. The number of fused-ring (bicyclic) bond motifs is 1. The van der Waals surface area contributed by atoms with Crippen LogP contribution in [-0.4, -0.2) is 9.78 Å². The van der Waals surface area contributed by atoms with E-state index in [9.17, 15) is 0 Å². The predicted octanol–water partition coefficient (Wildman–Crippen LogP) is 3.18. The second-order valence-corrected chi connectivity index (χ2v) is 5.03. The number of para-hydroxylation sites is 1. The van der Waals surface area contributed by atoms with Crippen LogP contribution in [0.3, 0.4) is 0 Å². The molecule has 19 heavy (non-hydrogen) atoms. The minimum Gasteiger partial charge on any atom is -0.457 e. The molecule has 2 N–H and O–H groups in total. The number of hydrogen-bond acceptors (Lipinski definition) is 3. The zero-order chi connectivity index (χ0) is 13.6. The molecule has 0 saturated heterocycles. The van der Waals surface area contributed by atoms with Crippen molar-refractivity contribution in [3.63, 3.8) is 0 Å². The number of halogens is 1. The fraction of sp³-hybridized carbons (Fsp3) is 0.214. The van der Waals surface area contributed by atoms with Gasteiger partial charge in [0.05, 0.1) is 16.4 Å². The van der Waals surface area contributed by atoms with Gasteiger partial charge in [-0.25, -0.2) is 0 Å². The predicted molar refractivity (Wildman–Crippen MR) is 75.2 cm³/mol. The van der Waals surface area contributed by atoms with Crippen LogP contribution in [-0.2, 0) is 7.05 Å².